The summed E-state index contributed by atoms with van der Waals surface area (Å²) in [6.07, 6.45) is -6.59. The van der Waals surface area contributed by atoms with Gasteiger partial charge in [0.25, 0.3) is 5.91 Å². The number of fused-ring (bicyclic) bond motifs is 2. The van der Waals surface area contributed by atoms with Gasteiger partial charge < -0.3 is 97.8 Å². The number of nitrogens with two attached hydrogens (primary N) is 2. The van der Waals surface area contributed by atoms with Crippen LogP contribution in [0.15, 0.2) is 66.7 Å². The number of rotatable bonds is 22. The Kier molecular flexibility index (Phi) is 25.0. The Labute approximate surface area is 487 Å². The number of amides is 7. The van der Waals surface area contributed by atoms with Gasteiger partial charge in [-0.05, 0) is 85.8 Å². The van der Waals surface area contributed by atoms with Gasteiger partial charge in [-0.25, -0.2) is 0 Å². The highest BCUT2D eigenvalue weighted by Crippen LogP contribution is 2.30. The molecule has 3 saturated heterocycles. The van der Waals surface area contributed by atoms with Crippen LogP contribution in [0.4, 0.5) is 0 Å². The van der Waals surface area contributed by atoms with Gasteiger partial charge in [0.15, 0.2) is 11.5 Å². The number of phenolic OH excluding ortho intramolecular Hbond substituents is 1. The van der Waals surface area contributed by atoms with Crippen LogP contribution in [0.25, 0.3) is 11.1 Å². The summed E-state index contributed by atoms with van der Waals surface area (Å²) in [5.74, 6) is -7.86. The number of nitrogens with one attached hydrogen (secondary N) is 5. The summed E-state index contributed by atoms with van der Waals surface area (Å²) in [6.45, 7) is 2.43. The summed E-state index contributed by atoms with van der Waals surface area (Å²) >= 11 is 0. The number of benzene rings is 3. The second-order valence-corrected chi connectivity index (χ2v) is 21.7. The summed E-state index contributed by atoms with van der Waals surface area (Å²) in [6, 6.07) is 6.92. The van der Waals surface area contributed by atoms with Crippen molar-refractivity contribution in [1.29, 1.82) is 0 Å². The summed E-state index contributed by atoms with van der Waals surface area (Å²) in [5.41, 5.74) is 13.3. The first-order valence-electron chi connectivity index (χ1n) is 28.5. The fourth-order valence-corrected chi connectivity index (χ4v) is 10.5. The second kappa shape index (κ2) is 31.8. The standard InChI is InChI=1S/C58H83N9O17/c1-32-30-67-50(51(32)74)56(79)61-29-38(69)27-41(62-52(75)37-12-10-35(11-13-37)36-14-16-40(17-15-36)83-23-8-6-4-5-7-22-82-3)53(76)63-47(33(2)68)57(80)66-31-39(70)28-42(66)54(77)64-48(55(78)65-49(58(67)81)44(72)19-20-59)45(73)25-34-9-18-43(71)46(26-34)84-24-21-60/h9-18,26,32-33,38-39,41-42,44-45,47-51,68-74H,4-8,19-25,27-31,59-60H2,1-3H3,(H,61,79)(H,62,75)(H,63,76)(H,64,77)(H,65,78)/t32-,33+,38+,39+,41?,42-,44+,45+,47-,48-,49-,50-,51-/m0/s1. The summed E-state index contributed by atoms with van der Waals surface area (Å²) in [4.78, 5) is 103. The zero-order valence-corrected chi connectivity index (χ0v) is 47.6. The highest BCUT2D eigenvalue weighted by Gasteiger charge is 2.49. The molecule has 0 radical (unpaired) electrons. The monoisotopic (exact) mass is 1180 g/mol. The van der Waals surface area contributed by atoms with E-state index < -0.39 is 152 Å². The molecule has 6 rings (SSSR count). The van der Waals surface area contributed by atoms with Crippen LogP contribution in [0, 0.1) is 5.92 Å². The lowest BCUT2D eigenvalue weighted by molar-refractivity contribution is -0.147. The van der Waals surface area contributed by atoms with E-state index in [1.54, 1.807) is 19.2 Å². The van der Waals surface area contributed by atoms with E-state index in [-0.39, 0.29) is 55.3 Å². The van der Waals surface area contributed by atoms with Crippen molar-refractivity contribution < 1.29 is 83.5 Å². The van der Waals surface area contributed by atoms with Gasteiger partial charge in [0, 0.05) is 70.6 Å². The molecule has 3 fully saturated rings. The number of aliphatic hydroxyl groups excluding tert-OH is 6. The molecule has 26 heteroatoms. The number of aromatic hydroxyl groups is 1. The van der Waals surface area contributed by atoms with Crippen LogP contribution in [0.3, 0.4) is 0 Å². The molecule has 0 aromatic heterocycles. The molecule has 0 bridgehead atoms. The van der Waals surface area contributed by atoms with Crippen molar-refractivity contribution in [2.75, 3.05) is 59.7 Å². The average molecular weight is 1180 g/mol. The van der Waals surface area contributed by atoms with Crippen LogP contribution in [0.5, 0.6) is 17.2 Å². The van der Waals surface area contributed by atoms with E-state index >= 15 is 0 Å². The number of unbranched alkanes of at least 4 members (excludes halogenated alkanes) is 4. The van der Waals surface area contributed by atoms with Crippen LogP contribution in [-0.4, -0.2) is 219 Å². The molecule has 3 aromatic carbocycles. The Morgan fingerprint density at radius 3 is 1.98 bits per heavy atom. The molecule has 3 heterocycles. The van der Waals surface area contributed by atoms with Gasteiger partial charge in [0.1, 0.15) is 48.6 Å². The number of hydrogen-bond acceptors (Lipinski definition) is 19. The van der Waals surface area contributed by atoms with E-state index in [2.05, 4.69) is 26.6 Å². The van der Waals surface area contributed by atoms with Crippen molar-refractivity contribution in [3.05, 3.63) is 77.9 Å². The summed E-state index contributed by atoms with van der Waals surface area (Å²) in [7, 11) is 1.69. The largest absolute Gasteiger partial charge is 0.504 e. The number of aliphatic hydroxyl groups is 6. The van der Waals surface area contributed by atoms with Crippen molar-refractivity contribution in [2.24, 2.45) is 17.4 Å². The molecular formula is C58H83N9O17. The van der Waals surface area contributed by atoms with Crippen molar-refractivity contribution in [3.63, 3.8) is 0 Å². The first-order valence-corrected chi connectivity index (χ1v) is 28.5. The highest BCUT2D eigenvalue weighted by atomic mass is 16.5. The third-order valence-electron chi connectivity index (χ3n) is 15.1. The molecule has 7 amide bonds. The first kappa shape index (κ1) is 66.1. The smallest absolute Gasteiger partial charge is 0.251 e. The van der Waals surface area contributed by atoms with E-state index in [1.165, 1.54) is 37.3 Å². The minimum absolute atomic E-state index is 0.00152. The lowest BCUT2D eigenvalue weighted by Gasteiger charge is -2.34. The Bertz CT molecular complexity index is 2690. The molecule has 3 aliphatic heterocycles. The van der Waals surface area contributed by atoms with Gasteiger partial charge in [-0.1, -0.05) is 56.5 Å². The van der Waals surface area contributed by atoms with Crippen LogP contribution in [0.1, 0.15) is 81.1 Å². The van der Waals surface area contributed by atoms with Crippen molar-refractivity contribution in [1.82, 2.24) is 36.4 Å². The molecule has 3 aromatic rings. The lowest BCUT2D eigenvalue weighted by atomic mass is 9.98. The lowest BCUT2D eigenvalue weighted by Crippen LogP contribution is -2.64. The fourth-order valence-electron chi connectivity index (χ4n) is 10.5. The number of carbonyl (C=O) groups excluding carboxylic acids is 7. The van der Waals surface area contributed by atoms with E-state index in [1.807, 2.05) is 24.3 Å². The third-order valence-corrected chi connectivity index (χ3v) is 15.1. The maximum absolute atomic E-state index is 14.7. The highest BCUT2D eigenvalue weighted by molar-refractivity contribution is 6.00. The van der Waals surface area contributed by atoms with Gasteiger partial charge in [-0.2, -0.15) is 0 Å². The molecule has 3 aliphatic rings. The Morgan fingerprint density at radius 2 is 1.32 bits per heavy atom. The Hall–Kier alpha value is -7.01. The molecule has 0 saturated carbocycles. The maximum Gasteiger partial charge on any atom is 0.251 e. The van der Waals surface area contributed by atoms with Gasteiger partial charge >= 0.3 is 0 Å². The summed E-state index contributed by atoms with van der Waals surface area (Å²) in [5, 5.41) is 91.1. The zero-order chi connectivity index (χ0) is 61.2. The number of hydrogen-bond donors (Lipinski definition) is 14. The molecule has 0 aliphatic carbocycles. The fraction of sp³-hybridized carbons (Fsp3) is 0.569. The number of β-amino-alcohol motifs (C(OH)–C–C–N with tert-alkyl or cyclic N) is 1. The van der Waals surface area contributed by atoms with E-state index in [0.717, 1.165) is 66.6 Å². The molecule has 13 atom stereocenters. The predicted octanol–water partition coefficient (Wildman–Crippen LogP) is -2.33. The second-order valence-electron chi connectivity index (χ2n) is 21.7. The quantitative estimate of drug-likeness (QED) is 0.0469. The topological polar surface area (TPSA) is 407 Å². The van der Waals surface area contributed by atoms with Crippen LogP contribution < -0.4 is 47.5 Å². The molecular weight excluding hydrogens is 1090 g/mol. The maximum atomic E-state index is 14.7. The zero-order valence-electron chi connectivity index (χ0n) is 47.6. The van der Waals surface area contributed by atoms with Gasteiger partial charge in [-0.15, -0.1) is 0 Å². The Morgan fingerprint density at radius 1 is 0.690 bits per heavy atom. The number of methoxy groups -OCH3 is 1. The molecule has 16 N–H and O–H groups in total. The molecule has 0 spiro atoms. The van der Waals surface area contributed by atoms with E-state index in [0.29, 0.717) is 12.4 Å². The van der Waals surface area contributed by atoms with E-state index in [9.17, 15) is 69.3 Å². The Balaban J connectivity index is 1.29. The van der Waals surface area contributed by atoms with Gasteiger partial charge in [0.05, 0.1) is 43.2 Å². The van der Waals surface area contributed by atoms with E-state index in [4.69, 9.17) is 25.7 Å². The van der Waals surface area contributed by atoms with Crippen molar-refractivity contribution in [2.45, 2.75) is 145 Å². The minimum atomic E-state index is -2.03. The first-order chi connectivity index (χ1) is 40.1. The minimum Gasteiger partial charge on any atom is -0.504 e. The van der Waals surface area contributed by atoms with Crippen LogP contribution in [-0.2, 0) is 39.9 Å². The van der Waals surface area contributed by atoms with Crippen LogP contribution in [0.2, 0.25) is 0 Å². The molecule has 26 nitrogen and oxygen atoms in total. The number of ether oxygens (including phenoxy) is 3. The number of phenols is 1. The molecule has 1 unspecified atom stereocenters. The third kappa shape index (κ3) is 17.8. The molecule has 462 valence electrons. The van der Waals surface area contributed by atoms with Crippen molar-refractivity contribution >= 4 is 41.4 Å². The van der Waals surface area contributed by atoms with Gasteiger partial charge in [-0.3, -0.25) is 33.6 Å². The van der Waals surface area contributed by atoms with Crippen molar-refractivity contribution in [3.8, 4) is 28.4 Å². The summed E-state index contributed by atoms with van der Waals surface area (Å²) < 4.78 is 16.5. The number of nitrogens with zero attached hydrogens (tertiary/aromatic N) is 2. The van der Waals surface area contributed by atoms with Gasteiger partial charge in [0.2, 0.25) is 35.4 Å². The van der Waals surface area contributed by atoms with Crippen LogP contribution >= 0.6 is 0 Å². The normalized spacial score (nSPS) is 25.9. The number of carbonyl (C=O) groups is 7. The SMILES string of the molecule is COCCCCCCCOc1ccc(-c2ccc(C(=O)NC3C[C@@H](O)CNC(=O)[C@@H]4[C@@H](O)[C@@H](C)CN4C(=O)[C@H]([C@H](O)CCN)NC(=O)[C@H]([C@H](O)Cc4ccc(O)c(OCCN)c4)NC(=O)[C@@H]4C[C@@H](O)CN4C(=O)[C@H]([C@@H](C)O)NC3=O)cc2)cc1. The average Bonchev–Trinajstić information content (AvgIpc) is 3.31. The predicted molar refractivity (Wildman–Crippen MR) is 304 cm³/mol. The molecule has 84 heavy (non-hydrogen) atoms.